The Morgan fingerprint density at radius 1 is 1.27 bits per heavy atom. The molecule has 2 N–H and O–H groups in total. The van der Waals surface area contributed by atoms with Gasteiger partial charge in [0.2, 0.25) is 0 Å². The molecule has 2 unspecified atom stereocenters. The molecule has 0 aromatic heterocycles. The first-order valence-corrected chi connectivity index (χ1v) is 4.12. The summed E-state index contributed by atoms with van der Waals surface area (Å²) in [7, 11) is 0. The van der Waals surface area contributed by atoms with E-state index >= 15 is 0 Å². The summed E-state index contributed by atoms with van der Waals surface area (Å²) < 4.78 is 5.49. The summed E-state index contributed by atoms with van der Waals surface area (Å²) in [6, 6.07) is 0. The first kappa shape index (κ1) is 10.9. The maximum Gasteiger partial charge on any atom is 0.0550 e. The minimum Gasteiger partial charge on any atom is -0.412 e. The summed E-state index contributed by atoms with van der Waals surface area (Å²) in [4.78, 5) is 0. The van der Waals surface area contributed by atoms with Gasteiger partial charge in [0.05, 0.1) is 12.7 Å². The van der Waals surface area contributed by atoms with Gasteiger partial charge in [-0.25, -0.2) is 0 Å². The van der Waals surface area contributed by atoms with Gasteiger partial charge < -0.3 is 10.2 Å². The fraction of sp³-hybridized carbons (Fsp3) is 1.00. The first-order chi connectivity index (χ1) is 4.50. The van der Waals surface area contributed by atoms with Crippen molar-refractivity contribution in [2.24, 2.45) is 11.3 Å². The molecule has 0 aromatic rings. The third-order valence-electron chi connectivity index (χ3n) is 2.42. The standard InChI is InChI=1S/C9H18O.H2O/c1-7-5-8(6-10-7)9(2,3)4;/h7-8H,5-6H2,1-4H3;1H2. The lowest BCUT2D eigenvalue weighted by molar-refractivity contribution is 0.108. The lowest BCUT2D eigenvalue weighted by Crippen LogP contribution is -2.20. The Labute approximate surface area is 69.2 Å². The lowest BCUT2D eigenvalue weighted by Gasteiger charge is -2.25. The van der Waals surface area contributed by atoms with Gasteiger partial charge in [0, 0.05) is 0 Å². The zero-order valence-corrected chi connectivity index (χ0v) is 7.98. The molecular weight excluding hydrogens is 140 g/mol. The highest BCUT2D eigenvalue weighted by Crippen LogP contribution is 2.34. The molecule has 0 aromatic carbocycles. The molecule has 0 spiro atoms. The van der Waals surface area contributed by atoms with Crippen LogP contribution in [-0.4, -0.2) is 18.2 Å². The van der Waals surface area contributed by atoms with Crippen LogP contribution in [0.3, 0.4) is 0 Å². The van der Waals surface area contributed by atoms with Gasteiger partial charge in [-0.1, -0.05) is 20.8 Å². The van der Waals surface area contributed by atoms with Crippen molar-refractivity contribution in [3.63, 3.8) is 0 Å². The van der Waals surface area contributed by atoms with Gasteiger partial charge in [0.1, 0.15) is 0 Å². The van der Waals surface area contributed by atoms with Gasteiger partial charge >= 0.3 is 0 Å². The fourth-order valence-corrected chi connectivity index (χ4v) is 1.42. The molecule has 0 amide bonds. The molecule has 1 saturated heterocycles. The number of rotatable bonds is 0. The highest BCUT2D eigenvalue weighted by atomic mass is 16.5. The van der Waals surface area contributed by atoms with Gasteiger partial charge in [0.25, 0.3) is 0 Å². The van der Waals surface area contributed by atoms with Gasteiger partial charge in [-0.2, -0.15) is 0 Å². The summed E-state index contributed by atoms with van der Waals surface area (Å²) in [6.07, 6.45) is 1.73. The Morgan fingerprint density at radius 3 is 2.00 bits per heavy atom. The van der Waals surface area contributed by atoms with Crippen molar-refractivity contribution in [1.82, 2.24) is 0 Å². The van der Waals surface area contributed by atoms with Crippen LogP contribution in [0, 0.1) is 11.3 Å². The second-order valence-electron chi connectivity index (χ2n) is 4.44. The van der Waals surface area contributed by atoms with Gasteiger partial charge in [-0.05, 0) is 24.7 Å². The second kappa shape index (κ2) is 3.55. The molecule has 2 atom stereocenters. The third kappa shape index (κ3) is 2.80. The van der Waals surface area contributed by atoms with Gasteiger partial charge in [-0.15, -0.1) is 0 Å². The highest BCUT2D eigenvalue weighted by molar-refractivity contribution is 4.80. The molecule has 0 bridgehead atoms. The molecule has 2 heteroatoms. The summed E-state index contributed by atoms with van der Waals surface area (Å²) in [5.41, 5.74) is 0.435. The average molecular weight is 160 g/mol. The van der Waals surface area contributed by atoms with Crippen LogP contribution in [0.25, 0.3) is 0 Å². The van der Waals surface area contributed by atoms with Crippen molar-refractivity contribution < 1.29 is 10.2 Å². The van der Waals surface area contributed by atoms with Crippen LogP contribution in [-0.2, 0) is 4.74 Å². The van der Waals surface area contributed by atoms with Crippen molar-refractivity contribution in [3.8, 4) is 0 Å². The molecule has 1 heterocycles. The van der Waals surface area contributed by atoms with E-state index in [-0.39, 0.29) is 5.48 Å². The molecule has 68 valence electrons. The predicted molar refractivity (Wildman–Crippen MR) is 46.6 cm³/mol. The quantitative estimate of drug-likeness (QED) is 0.531. The third-order valence-corrected chi connectivity index (χ3v) is 2.42. The fourth-order valence-electron chi connectivity index (χ4n) is 1.42. The minimum absolute atomic E-state index is 0. The number of hydrogen-bond acceptors (Lipinski definition) is 1. The van der Waals surface area contributed by atoms with Crippen molar-refractivity contribution in [3.05, 3.63) is 0 Å². The molecule has 0 saturated carbocycles. The first-order valence-electron chi connectivity index (χ1n) is 4.12. The van der Waals surface area contributed by atoms with Crippen LogP contribution < -0.4 is 0 Å². The number of hydrogen-bond donors (Lipinski definition) is 0. The van der Waals surface area contributed by atoms with E-state index in [1.807, 2.05) is 0 Å². The zero-order chi connectivity index (χ0) is 7.78. The average Bonchev–Trinajstić information content (AvgIpc) is 2.11. The molecule has 1 aliphatic heterocycles. The summed E-state index contributed by atoms with van der Waals surface area (Å²) >= 11 is 0. The second-order valence-corrected chi connectivity index (χ2v) is 4.44. The van der Waals surface area contributed by atoms with Gasteiger partial charge in [-0.3, -0.25) is 0 Å². The van der Waals surface area contributed by atoms with E-state index in [2.05, 4.69) is 27.7 Å². The van der Waals surface area contributed by atoms with Crippen LogP contribution in [0.5, 0.6) is 0 Å². The molecule has 0 radical (unpaired) electrons. The normalized spacial score (nSPS) is 31.6. The Bertz CT molecular complexity index is 115. The summed E-state index contributed by atoms with van der Waals surface area (Å²) in [6.45, 7) is 9.99. The van der Waals surface area contributed by atoms with Gasteiger partial charge in [0.15, 0.2) is 0 Å². The maximum absolute atomic E-state index is 5.49. The molecule has 11 heavy (non-hydrogen) atoms. The topological polar surface area (TPSA) is 40.7 Å². The summed E-state index contributed by atoms with van der Waals surface area (Å²) in [5, 5.41) is 0. The molecule has 2 nitrogen and oxygen atoms in total. The van der Waals surface area contributed by atoms with E-state index in [0.717, 1.165) is 12.5 Å². The minimum atomic E-state index is 0. The van der Waals surface area contributed by atoms with E-state index in [0.29, 0.717) is 11.5 Å². The van der Waals surface area contributed by atoms with E-state index in [9.17, 15) is 0 Å². The largest absolute Gasteiger partial charge is 0.412 e. The van der Waals surface area contributed by atoms with Crippen molar-refractivity contribution >= 4 is 0 Å². The molecular formula is C9H20O2. The van der Waals surface area contributed by atoms with Crippen LogP contribution in [0.15, 0.2) is 0 Å². The SMILES string of the molecule is CC1CC(C(C)(C)C)CO1.O. The predicted octanol–water partition coefficient (Wildman–Crippen LogP) is 1.63. The number of ether oxygens (including phenoxy) is 1. The van der Waals surface area contributed by atoms with Crippen LogP contribution in [0.4, 0.5) is 0 Å². The maximum atomic E-state index is 5.49. The smallest absolute Gasteiger partial charge is 0.0550 e. The van der Waals surface area contributed by atoms with E-state index in [1.165, 1.54) is 6.42 Å². The van der Waals surface area contributed by atoms with Crippen LogP contribution in [0.1, 0.15) is 34.1 Å². The van der Waals surface area contributed by atoms with Crippen LogP contribution in [0.2, 0.25) is 0 Å². The van der Waals surface area contributed by atoms with Crippen LogP contribution >= 0.6 is 0 Å². The van der Waals surface area contributed by atoms with E-state index in [1.54, 1.807) is 0 Å². The van der Waals surface area contributed by atoms with Crippen molar-refractivity contribution in [2.75, 3.05) is 6.61 Å². The Hall–Kier alpha value is -0.0800. The molecule has 1 fully saturated rings. The molecule has 0 aliphatic carbocycles. The Morgan fingerprint density at radius 2 is 1.82 bits per heavy atom. The monoisotopic (exact) mass is 160 g/mol. The highest BCUT2D eigenvalue weighted by Gasteiger charge is 2.31. The zero-order valence-electron chi connectivity index (χ0n) is 7.98. The van der Waals surface area contributed by atoms with Crippen molar-refractivity contribution in [1.29, 1.82) is 0 Å². The van der Waals surface area contributed by atoms with E-state index < -0.39 is 0 Å². The molecule has 1 rings (SSSR count). The lowest BCUT2D eigenvalue weighted by atomic mass is 9.80. The van der Waals surface area contributed by atoms with E-state index in [4.69, 9.17) is 4.74 Å². The summed E-state index contributed by atoms with van der Waals surface area (Å²) in [5.74, 6) is 0.766. The van der Waals surface area contributed by atoms with Crippen molar-refractivity contribution in [2.45, 2.75) is 40.2 Å². The Kier molecular flexibility index (Phi) is 3.52. The Balaban J connectivity index is 0.000001000. The molecule has 1 aliphatic rings.